The minimum Gasteiger partial charge on any atom is -0.357 e. The van der Waals surface area contributed by atoms with Crippen molar-refractivity contribution in [1.82, 2.24) is 25.8 Å². The number of nitrogens with one attached hydrogen (secondary N) is 2. The lowest BCUT2D eigenvalue weighted by atomic mass is 10.1. The van der Waals surface area contributed by atoms with Gasteiger partial charge in [0.1, 0.15) is 0 Å². The summed E-state index contributed by atoms with van der Waals surface area (Å²) in [4.78, 5) is 13.7. The highest BCUT2D eigenvalue weighted by atomic mass is 127. The Labute approximate surface area is 198 Å². The molecule has 3 aromatic rings. The van der Waals surface area contributed by atoms with Gasteiger partial charge >= 0.3 is 0 Å². The molecule has 0 radical (unpaired) electrons. The van der Waals surface area contributed by atoms with Crippen LogP contribution < -0.4 is 10.6 Å². The predicted molar refractivity (Wildman–Crippen MR) is 133 cm³/mol. The van der Waals surface area contributed by atoms with Crippen molar-refractivity contribution in [2.24, 2.45) is 4.99 Å². The number of aromatic nitrogens is 3. The van der Waals surface area contributed by atoms with E-state index in [4.69, 9.17) is 9.52 Å². The van der Waals surface area contributed by atoms with Gasteiger partial charge in [-0.3, -0.25) is 0 Å². The van der Waals surface area contributed by atoms with Crippen molar-refractivity contribution in [1.29, 1.82) is 0 Å². The van der Waals surface area contributed by atoms with E-state index in [0.29, 0.717) is 12.4 Å². The van der Waals surface area contributed by atoms with Crippen LogP contribution >= 0.6 is 35.3 Å². The molecular weight excluding hydrogens is 511 g/mol. The van der Waals surface area contributed by atoms with Gasteiger partial charge in [0.25, 0.3) is 5.89 Å². The summed E-state index contributed by atoms with van der Waals surface area (Å²) in [7, 11) is 0. The topological polar surface area (TPSA) is 88.2 Å². The molecule has 0 spiro atoms. The molecule has 30 heavy (non-hydrogen) atoms. The molecule has 0 aliphatic rings. The Hall–Kier alpha value is -2.01. The van der Waals surface area contributed by atoms with Crippen molar-refractivity contribution >= 4 is 41.3 Å². The molecule has 0 fully saturated rings. The van der Waals surface area contributed by atoms with E-state index in [0.717, 1.165) is 66.0 Å². The summed E-state index contributed by atoms with van der Waals surface area (Å²) >= 11 is 1.68. The average molecular weight is 540 g/mol. The van der Waals surface area contributed by atoms with Crippen molar-refractivity contribution in [3.8, 4) is 11.5 Å². The second-order valence-electron chi connectivity index (χ2n) is 6.70. The molecule has 0 saturated carbocycles. The van der Waals surface area contributed by atoms with Gasteiger partial charge in [-0.15, -0.1) is 35.3 Å². The summed E-state index contributed by atoms with van der Waals surface area (Å²) in [5.41, 5.74) is 3.13. The van der Waals surface area contributed by atoms with E-state index in [1.165, 1.54) is 0 Å². The Morgan fingerprint density at radius 1 is 1.17 bits per heavy atom. The summed E-state index contributed by atoms with van der Waals surface area (Å²) in [6, 6.07) is 8.08. The van der Waals surface area contributed by atoms with Gasteiger partial charge in [-0.2, -0.15) is 4.98 Å². The largest absolute Gasteiger partial charge is 0.357 e. The fraction of sp³-hybridized carbons (Fsp3) is 0.429. The zero-order valence-corrected chi connectivity index (χ0v) is 20.8. The van der Waals surface area contributed by atoms with Gasteiger partial charge in [0.2, 0.25) is 0 Å². The Bertz CT molecular complexity index is 939. The third kappa shape index (κ3) is 7.35. The van der Waals surface area contributed by atoms with Crippen LogP contribution in [0.25, 0.3) is 11.5 Å². The summed E-state index contributed by atoms with van der Waals surface area (Å²) < 4.78 is 5.39. The molecule has 0 atom stereocenters. The number of hydrogen-bond donors (Lipinski definition) is 2. The van der Waals surface area contributed by atoms with Crippen LogP contribution in [0.5, 0.6) is 0 Å². The first-order valence-electron chi connectivity index (χ1n) is 10.0. The van der Waals surface area contributed by atoms with Crippen LogP contribution in [0.1, 0.15) is 42.4 Å². The fourth-order valence-electron chi connectivity index (χ4n) is 2.84. The zero-order chi connectivity index (χ0) is 20.5. The maximum atomic E-state index is 5.39. The number of aliphatic imine (C=N–C) groups is 1. The van der Waals surface area contributed by atoms with Gasteiger partial charge in [0.05, 0.1) is 17.2 Å². The third-order valence-corrected chi connectivity index (χ3v) is 5.04. The van der Waals surface area contributed by atoms with Gasteiger partial charge in [-0.1, -0.05) is 24.2 Å². The third-order valence-electron chi connectivity index (χ3n) is 4.22. The van der Waals surface area contributed by atoms with Crippen molar-refractivity contribution < 1.29 is 4.52 Å². The number of benzene rings is 1. The van der Waals surface area contributed by atoms with E-state index >= 15 is 0 Å². The van der Waals surface area contributed by atoms with E-state index in [2.05, 4.69) is 51.1 Å². The second-order valence-corrected chi connectivity index (χ2v) is 7.76. The van der Waals surface area contributed by atoms with E-state index in [-0.39, 0.29) is 24.0 Å². The zero-order valence-electron chi connectivity index (χ0n) is 17.6. The maximum Gasteiger partial charge on any atom is 0.257 e. The van der Waals surface area contributed by atoms with E-state index in [1.807, 2.05) is 25.1 Å². The first-order valence-corrected chi connectivity index (χ1v) is 10.9. The van der Waals surface area contributed by atoms with Gasteiger partial charge in [0, 0.05) is 36.9 Å². The van der Waals surface area contributed by atoms with Crippen LogP contribution in [-0.2, 0) is 19.4 Å². The van der Waals surface area contributed by atoms with Crippen LogP contribution in [0.4, 0.5) is 0 Å². The monoisotopic (exact) mass is 540 g/mol. The van der Waals surface area contributed by atoms with Crippen LogP contribution in [0, 0.1) is 6.92 Å². The van der Waals surface area contributed by atoms with Crippen molar-refractivity contribution in [3.05, 3.63) is 51.7 Å². The molecule has 0 unspecified atom stereocenters. The molecule has 1 aromatic carbocycles. The Kier molecular flexibility index (Phi) is 10.2. The molecule has 0 amide bonds. The van der Waals surface area contributed by atoms with Crippen LogP contribution in [0.2, 0.25) is 0 Å². The SMILES string of the molecule is CCCc1noc(-c2cccc(CN=C(NCC)NCCc3csc(C)n3)c2)n1.I. The van der Waals surface area contributed by atoms with Crippen LogP contribution in [-0.4, -0.2) is 34.2 Å². The lowest BCUT2D eigenvalue weighted by molar-refractivity contribution is 0.422. The van der Waals surface area contributed by atoms with Crippen molar-refractivity contribution in [2.45, 2.75) is 46.6 Å². The van der Waals surface area contributed by atoms with E-state index in [9.17, 15) is 0 Å². The maximum absolute atomic E-state index is 5.39. The highest BCUT2D eigenvalue weighted by Gasteiger charge is 2.09. The number of thiazole rings is 1. The molecule has 7 nitrogen and oxygen atoms in total. The second kappa shape index (κ2) is 12.6. The quantitative estimate of drug-likeness (QED) is 0.238. The normalized spacial score (nSPS) is 11.2. The minimum absolute atomic E-state index is 0. The molecule has 3 rings (SSSR count). The number of nitrogens with zero attached hydrogens (tertiary/aromatic N) is 4. The Morgan fingerprint density at radius 2 is 2.03 bits per heavy atom. The molecule has 2 heterocycles. The van der Waals surface area contributed by atoms with Crippen LogP contribution in [0.3, 0.4) is 0 Å². The summed E-state index contributed by atoms with van der Waals surface area (Å²) in [6.07, 6.45) is 2.70. The molecule has 0 aliphatic heterocycles. The van der Waals surface area contributed by atoms with Crippen molar-refractivity contribution in [3.63, 3.8) is 0 Å². The number of hydrogen-bond acceptors (Lipinski definition) is 6. The summed E-state index contributed by atoms with van der Waals surface area (Å²) in [5, 5.41) is 13.9. The number of rotatable bonds is 9. The van der Waals surface area contributed by atoms with E-state index < -0.39 is 0 Å². The smallest absolute Gasteiger partial charge is 0.257 e. The van der Waals surface area contributed by atoms with Gasteiger partial charge in [-0.25, -0.2) is 9.98 Å². The number of halogens is 1. The fourth-order valence-corrected chi connectivity index (χ4v) is 3.49. The molecule has 0 bridgehead atoms. The molecule has 0 aliphatic carbocycles. The lowest BCUT2D eigenvalue weighted by Crippen LogP contribution is -2.38. The van der Waals surface area contributed by atoms with Gasteiger partial charge < -0.3 is 15.2 Å². The Balaban J connectivity index is 0.00000320. The van der Waals surface area contributed by atoms with Gasteiger partial charge in [-0.05, 0) is 38.0 Å². The Morgan fingerprint density at radius 3 is 2.77 bits per heavy atom. The summed E-state index contributed by atoms with van der Waals surface area (Å²) in [5.74, 6) is 2.11. The van der Waals surface area contributed by atoms with Gasteiger partial charge in [0.15, 0.2) is 11.8 Å². The standard InChI is InChI=1S/C21H28N6OS.HI/c1-4-7-19-26-20(28-27-19)17-9-6-8-16(12-17)13-24-21(22-5-2)23-11-10-18-14-29-15(3)25-18;/h6,8-9,12,14H,4-5,7,10-11,13H2,1-3H3,(H2,22,23,24);1H. The highest BCUT2D eigenvalue weighted by molar-refractivity contribution is 14.0. The molecule has 162 valence electrons. The molecular formula is C21H29IN6OS. The van der Waals surface area contributed by atoms with Crippen molar-refractivity contribution in [2.75, 3.05) is 13.1 Å². The minimum atomic E-state index is 0. The summed E-state index contributed by atoms with van der Waals surface area (Å²) in [6.45, 7) is 8.35. The molecule has 0 saturated heterocycles. The molecule has 2 N–H and O–H groups in total. The number of guanidine groups is 1. The first kappa shape index (κ1) is 24.3. The first-order chi connectivity index (χ1) is 14.2. The highest BCUT2D eigenvalue weighted by Crippen LogP contribution is 2.19. The number of aryl methyl sites for hydroxylation is 2. The van der Waals surface area contributed by atoms with Crippen LogP contribution in [0.15, 0.2) is 39.2 Å². The molecule has 9 heteroatoms. The average Bonchev–Trinajstić information content (AvgIpc) is 3.36. The predicted octanol–water partition coefficient (Wildman–Crippen LogP) is 4.37. The lowest BCUT2D eigenvalue weighted by Gasteiger charge is -2.11. The molecule has 2 aromatic heterocycles. The van der Waals surface area contributed by atoms with E-state index in [1.54, 1.807) is 11.3 Å².